The monoisotopic (exact) mass is 258 g/mol. The molecule has 1 N–H and O–H groups in total. The number of nitrogens with zero attached hydrogens (tertiary/aromatic N) is 1. The van der Waals surface area contributed by atoms with Gasteiger partial charge in [-0.1, -0.05) is 31.5 Å². The van der Waals surface area contributed by atoms with Gasteiger partial charge in [0, 0.05) is 30.9 Å². The first kappa shape index (κ1) is 13.0. The van der Waals surface area contributed by atoms with Gasteiger partial charge in [-0.15, -0.1) is 0 Å². The van der Waals surface area contributed by atoms with Crippen molar-refractivity contribution in [3.8, 4) is 0 Å². The molecule has 0 aromatic heterocycles. The number of rotatable bonds is 8. The van der Waals surface area contributed by atoms with Crippen molar-refractivity contribution >= 4 is 5.69 Å². The van der Waals surface area contributed by atoms with Crippen LogP contribution in [0.4, 0.5) is 5.69 Å². The Labute approximate surface area is 117 Å². The van der Waals surface area contributed by atoms with E-state index < -0.39 is 0 Å². The lowest BCUT2D eigenvalue weighted by molar-refractivity contribution is 0.673. The summed E-state index contributed by atoms with van der Waals surface area (Å²) in [5, 5.41) is 3.66. The molecule has 0 bridgehead atoms. The molecule has 0 radical (unpaired) electrons. The van der Waals surface area contributed by atoms with Gasteiger partial charge in [-0.05, 0) is 43.7 Å². The van der Waals surface area contributed by atoms with Crippen molar-refractivity contribution in [2.75, 3.05) is 11.4 Å². The Morgan fingerprint density at radius 2 is 1.95 bits per heavy atom. The largest absolute Gasteiger partial charge is 0.368 e. The molecule has 3 rings (SSSR count). The molecule has 2 heteroatoms. The first-order valence-electron chi connectivity index (χ1n) is 7.96. The quantitative estimate of drug-likeness (QED) is 0.764. The predicted octanol–water partition coefficient (Wildman–Crippen LogP) is 3.71. The number of unbranched alkanes of at least 4 members (excludes halogenated alkanes) is 1. The summed E-state index contributed by atoms with van der Waals surface area (Å²) < 4.78 is 0. The summed E-state index contributed by atoms with van der Waals surface area (Å²) in [5.41, 5.74) is 2.96. The van der Waals surface area contributed by atoms with Crippen LogP contribution in [-0.2, 0) is 6.54 Å². The fraction of sp³-hybridized carbons (Fsp3) is 0.647. The molecular weight excluding hydrogens is 232 g/mol. The summed E-state index contributed by atoms with van der Waals surface area (Å²) in [7, 11) is 0. The highest BCUT2D eigenvalue weighted by Crippen LogP contribution is 2.34. The zero-order valence-corrected chi connectivity index (χ0v) is 12.1. The summed E-state index contributed by atoms with van der Waals surface area (Å²) in [6.45, 7) is 4.55. The maximum absolute atomic E-state index is 3.66. The molecule has 0 unspecified atom stereocenters. The van der Waals surface area contributed by atoms with Crippen LogP contribution in [0.3, 0.4) is 0 Å². The maximum atomic E-state index is 3.66. The third-order valence-electron chi connectivity index (χ3n) is 4.20. The summed E-state index contributed by atoms with van der Waals surface area (Å²) in [5.74, 6) is 0. The Balaban J connectivity index is 1.71. The van der Waals surface area contributed by atoms with Crippen molar-refractivity contribution in [1.82, 2.24) is 5.32 Å². The van der Waals surface area contributed by atoms with Gasteiger partial charge in [-0.25, -0.2) is 0 Å². The predicted molar refractivity (Wildman–Crippen MR) is 81.6 cm³/mol. The molecule has 0 aliphatic heterocycles. The van der Waals surface area contributed by atoms with E-state index in [4.69, 9.17) is 0 Å². The van der Waals surface area contributed by atoms with Crippen molar-refractivity contribution in [2.45, 2.75) is 64.1 Å². The molecule has 0 heterocycles. The average molecular weight is 258 g/mol. The molecule has 0 saturated heterocycles. The minimum atomic E-state index is 0.790. The van der Waals surface area contributed by atoms with Crippen molar-refractivity contribution in [3.05, 3.63) is 29.8 Å². The van der Waals surface area contributed by atoms with E-state index in [1.54, 1.807) is 0 Å². The van der Waals surface area contributed by atoms with Crippen LogP contribution in [-0.4, -0.2) is 18.6 Å². The molecular formula is C17H26N2. The van der Waals surface area contributed by atoms with Crippen LogP contribution in [0.15, 0.2) is 24.3 Å². The second kappa shape index (κ2) is 5.96. The van der Waals surface area contributed by atoms with Gasteiger partial charge in [-0.2, -0.15) is 0 Å². The second-order valence-corrected chi connectivity index (χ2v) is 6.06. The minimum absolute atomic E-state index is 0.790. The Morgan fingerprint density at radius 3 is 2.63 bits per heavy atom. The lowest BCUT2D eigenvalue weighted by atomic mass is 10.1. The van der Waals surface area contributed by atoms with E-state index in [-0.39, 0.29) is 0 Å². The molecule has 1 aromatic rings. The Hall–Kier alpha value is -1.02. The lowest BCUT2D eigenvalue weighted by Crippen LogP contribution is -2.28. The standard InChI is InChI=1S/C17H26N2/c1-2-3-12-19(16-10-11-16)17-7-5-4-6-14(17)13-18-15-8-9-15/h4-7,15-16,18H,2-3,8-13H2,1H3. The van der Waals surface area contributed by atoms with E-state index in [1.807, 2.05) is 0 Å². The minimum Gasteiger partial charge on any atom is -0.368 e. The first-order chi connectivity index (χ1) is 9.38. The van der Waals surface area contributed by atoms with Crippen molar-refractivity contribution < 1.29 is 0 Å². The van der Waals surface area contributed by atoms with Gasteiger partial charge < -0.3 is 10.2 Å². The van der Waals surface area contributed by atoms with Crippen LogP contribution in [0.25, 0.3) is 0 Å². The molecule has 2 saturated carbocycles. The highest BCUT2D eigenvalue weighted by Gasteiger charge is 2.30. The molecule has 19 heavy (non-hydrogen) atoms. The molecule has 2 nitrogen and oxygen atoms in total. The number of para-hydroxylation sites is 1. The summed E-state index contributed by atoms with van der Waals surface area (Å²) >= 11 is 0. The first-order valence-corrected chi connectivity index (χ1v) is 7.96. The van der Waals surface area contributed by atoms with Crippen LogP contribution in [0, 0.1) is 0 Å². The molecule has 0 atom stereocenters. The van der Waals surface area contributed by atoms with Crippen molar-refractivity contribution in [2.24, 2.45) is 0 Å². The van der Waals surface area contributed by atoms with E-state index >= 15 is 0 Å². The van der Waals surface area contributed by atoms with Crippen LogP contribution in [0.1, 0.15) is 51.0 Å². The maximum Gasteiger partial charge on any atom is 0.0414 e. The number of benzene rings is 1. The van der Waals surface area contributed by atoms with E-state index in [2.05, 4.69) is 41.4 Å². The number of anilines is 1. The zero-order chi connectivity index (χ0) is 13.1. The Kier molecular flexibility index (Phi) is 4.07. The fourth-order valence-electron chi connectivity index (χ4n) is 2.70. The number of nitrogens with one attached hydrogen (secondary N) is 1. The summed E-state index contributed by atoms with van der Waals surface area (Å²) in [6, 6.07) is 10.6. The van der Waals surface area contributed by atoms with Gasteiger partial charge in [0.05, 0.1) is 0 Å². The molecule has 0 amide bonds. The topological polar surface area (TPSA) is 15.3 Å². The van der Waals surface area contributed by atoms with Crippen LogP contribution in [0.5, 0.6) is 0 Å². The SMILES string of the molecule is CCCCN(c1ccccc1CNC1CC1)C1CC1. The number of hydrogen-bond acceptors (Lipinski definition) is 2. The lowest BCUT2D eigenvalue weighted by Gasteiger charge is -2.27. The third-order valence-corrected chi connectivity index (χ3v) is 4.20. The Morgan fingerprint density at radius 1 is 1.16 bits per heavy atom. The van der Waals surface area contributed by atoms with Crippen LogP contribution >= 0.6 is 0 Å². The van der Waals surface area contributed by atoms with E-state index in [0.717, 1.165) is 18.6 Å². The molecule has 1 aromatic carbocycles. The van der Waals surface area contributed by atoms with Gasteiger partial charge in [0.1, 0.15) is 0 Å². The van der Waals surface area contributed by atoms with Gasteiger partial charge in [0.25, 0.3) is 0 Å². The van der Waals surface area contributed by atoms with Gasteiger partial charge in [0.15, 0.2) is 0 Å². The molecule has 0 spiro atoms. The molecule has 104 valence electrons. The van der Waals surface area contributed by atoms with Crippen LogP contribution in [0.2, 0.25) is 0 Å². The number of hydrogen-bond donors (Lipinski definition) is 1. The van der Waals surface area contributed by atoms with Crippen molar-refractivity contribution in [1.29, 1.82) is 0 Å². The normalized spacial score (nSPS) is 18.6. The second-order valence-electron chi connectivity index (χ2n) is 6.06. The average Bonchev–Trinajstić information content (AvgIpc) is 3.30. The third kappa shape index (κ3) is 3.50. The summed E-state index contributed by atoms with van der Waals surface area (Å²) in [4.78, 5) is 2.66. The van der Waals surface area contributed by atoms with Gasteiger partial charge in [-0.3, -0.25) is 0 Å². The smallest absolute Gasteiger partial charge is 0.0414 e. The summed E-state index contributed by atoms with van der Waals surface area (Å²) in [6.07, 6.45) is 8.09. The van der Waals surface area contributed by atoms with E-state index in [0.29, 0.717) is 0 Å². The van der Waals surface area contributed by atoms with E-state index in [1.165, 1.54) is 56.3 Å². The highest BCUT2D eigenvalue weighted by molar-refractivity contribution is 5.55. The van der Waals surface area contributed by atoms with Gasteiger partial charge in [0.2, 0.25) is 0 Å². The zero-order valence-electron chi connectivity index (χ0n) is 12.1. The van der Waals surface area contributed by atoms with Gasteiger partial charge >= 0.3 is 0 Å². The molecule has 2 fully saturated rings. The molecule has 2 aliphatic carbocycles. The van der Waals surface area contributed by atoms with E-state index in [9.17, 15) is 0 Å². The highest BCUT2D eigenvalue weighted by atomic mass is 15.2. The van der Waals surface area contributed by atoms with Crippen LogP contribution < -0.4 is 10.2 Å². The fourth-order valence-corrected chi connectivity index (χ4v) is 2.70. The van der Waals surface area contributed by atoms with Crippen molar-refractivity contribution in [3.63, 3.8) is 0 Å². The Bertz CT molecular complexity index is 407. The molecule has 2 aliphatic rings.